The Morgan fingerprint density at radius 1 is 1.88 bits per heavy atom. The van der Waals surface area contributed by atoms with Gasteiger partial charge < -0.3 is 5.11 Å². The summed E-state index contributed by atoms with van der Waals surface area (Å²) in [6, 6.07) is 0. The van der Waals surface area contributed by atoms with Crippen LogP contribution in [0.15, 0.2) is 5.57 Å². The molecule has 1 N–H and O–H groups in total. The minimum absolute atomic E-state index is 0.420. The molecule has 0 fully saturated rings. The van der Waals surface area contributed by atoms with Crippen LogP contribution in [0, 0.1) is 0 Å². The molecule has 46 valence electrons. The van der Waals surface area contributed by atoms with E-state index < -0.39 is 6.10 Å². The van der Waals surface area contributed by atoms with Crippen molar-refractivity contribution in [2.75, 3.05) is 0 Å². The van der Waals surface area contributed by atoms with Gasteiger partial charge in [0.1, 0.15) is 5.94 Å². The Morgan fingerprint density at radius 3 is 2.50 bits per heavy atom. The van der Waals surface area contributed by atoms with E-state index in [-0.39, 0.29) is 0 Å². The van der Waals surface area contributed by atoms with E-state index in [0.29, 0.717) is 12.0 Å². The minimum Gasteiger partial charge on any atom is -0.393 e. The van der Waals surface area contributed by atoms with E-state index in [4.69, 9.17) is 5.11 Å². The van der Waals surface area contributed by atoms with E-state index >= 15 is 0 Å². The van der Waals surface area contributed by atoms with Gasteiger partial charge in [0, 0.05) is 12.0 Å². The average molecular weight is 114 g/mol. The van der Waals surface area contributed by atoms with Gasteiger partial charge in [-0.1, -0.05) is 0 Å². The van der Waals surface area contributed by atoms with Crippen molar-refractivity contribution >= 4 is 5.94 Å². The molecule has 2 nitrogen and oxygen atoms in total. The van der Waals surface area contributed by atoms with Crippen molar-refractivity contribution in [3.05, 3.63) is 5.57 Å². The van der Waals surface area contributed by atoms with Gasteiger partial charge in [-0.2, -0.15) is 0 Å². The lowest BCUT2D eigenvalue weighted by molar-refractivity contribution is 0.195. The monoisotopic (exact) mass is 114 g/mol. The number of aliphatic hydroxyl groups is 1. The lowest BCUT2D eigenvalue weighted by atomic mass is 10.2. The van der Waals surface area contributed by atoms with Gasteiger partial charge in [0.15, 0.2) is 0 Å². The molecule has 1 unspecified atom stereocenters. The zero-order valence-electron chi connectivity index (χ0n) is 5.14. The molecule has 0 spiro atoms. The van der Waals surface area contributed by atoms with Gasteiger partial charge >= 0.3 is 0 Å². The van der Waals surface area contributed by atoms with Gasteiger partial charge in [0.2, 0.25) is 0 Å². The molecule has 0 rings (SSSR count). The van der Waals surface area contributed by atoms with Crippen LogP contribution in [-0.2, 0) is 4.79 Å². The maximum absolute atomic E-state index is 9.77. The second kappa shape index (κ2) is 3.42. The molecule has 0 radical (unpaired) electrons. The zero-order valence-corrected chi connectivity index (χ0v) is 5.14. The predicted octanol–water partition coefficient (Wildman–Crippen LogP) is 0.535. The van der Waals surface area contributed by atoms with Crippen molar-refractivity contribution in [3.8, 4) is 0 Å². The summed E-state index contributed by atoms with van der Waals surface area (Å²) < 4.78 is 0. The molecule has 0 aromatic rings. The number of carbonyl (C=O) groups excluding carboxylic acids is 1. The molecule has 1 atom stereocenters. The van der Waals surface area contributed by atoms with Crippen LogP contribution in [0.3, 0.4) is 0 Å². The van der Waals surface area contributed by atoms with E-state index in [2.05, 4.69) is 0 Å². The number of rotatable bonds is 2. The molecule has 0 aromatic carbocycles. The second-order valence-electron chi connectivity index (χ2n) is 1.94. The molecule has 0 aliphatic carbocycles. The minimum atomic E-state index is -0.420. The van der Waals surface area contributed by atoms with Crippen LogP contribution in [-0.4, -0.2) is 17.2 Å². The first-order valence-corrected chi connectivity index (χ1v) is 2.55. The Balaban J connectivity index is 3.56. The summed E-state index contributed by atoms with van der Waals surface area (Å²) in [6.45, 7) is 3.29. The van der Waals surface area contributed by atoms with Crippen LogP contribution in [0.5, 0.6) is 0 Å². The molecular formula is C6H10O2. The molecule has 8 heavy (non-hydrogen) atoms. The SMILES string of the molecule is CC(=C=O)CC(C)O. The summed E-state index contributed by atoms with van der Waals surface area (Å²) in [7, 11) is 0. The van der Waals surface area contributed by atoms with Crippen LogP contribution in [0.2, 0.25) is 0 Å². The Labute approximate surface area is 48.8 Å². The molecule has 0 aliphatic heterocycles. The van der Waals surface area contributed by atoms with Crippen molar-refractivity contribution in [1.82, 2.24) is 0 Å². The molecule has 0 aromatic heterocycles. The van der Waals surface area contributed by atoms with Gasteiger partial charge in [-0.05, 0) is 13.8 Å². The lowest BCUT2D eigenvalue weighted by Gasteiger charge is -1.97. The first kappa shape index (κ1) is 7.41. The third-order valence-electron chi connectivity index (χ3n) is 0.776. The number of hydrogen-bond acceptors (Lipinski definition) is 2. The molecular weight excluding hydrogens is 104 g/mol. The average Bonchev–Trinajstić information content (AvgIpc) is 1.65. The van der Waals surface area contributed by atoms with Gasteiger partial charge in [0.25, 0.3) is 0 Å². The maximum Gasteiger partial charge on any atom is 0.123 e. The maximum atomic E-state index is 9.77. The number of hydrogen-bond donors (Lipinski definition) is 1. The molecule has 0 amide bonds. The highest BCUT2D eigenvalue weighted by Gasteiger charge is 1.95. The third kappa shape index (κ3) is 3.59. The summed E-state index contributed by atoms with van der Waals surface area (Å²) in [5.41, 5.74) is 0.569. The zero-order chi connectivity index (χ0) is 6.57. The first-order chi connectivity index (χ1) is 3.66. The largest absolute Gasteiger partial charge is 0.393 e. The molecule has 0 heterocycles. The third-order valence-corrected chi connectivity index (χ3v) is 0.776. The van der Waals surface area contributed by atoms with Crippen molar-refractivity contribution in [2.45, 2.75) is 26.4 Å². The van der Waals surface area contributed by atoms with Gasteiger partial charge in [-0.15, -0.1) is 0 Å². The molecule has 0 saturated carbocycles. The van der Waals surface area contributed by atoms with Crippen molar-refractivity contribution in [2.24, 2.45) is 0 Å². The number of aliphatic hydroxyl groups excluding tert-OH is 1. The molecule has 2 heteroatoms. The summed E-state index contributed by atoms with van der Waals surface area (Å²) in [6.07, 6.45) is 0.0141. The molecule has 0 aliphatic rings. The van der Waals surface area contributed by atoms with Crippen molar-refractivity contribution in [1.29, 1.82) is 0 Å². The Bertz CT molecular complexity index is 110. The van der Waals surface area contributed by atoms with E-state index in [1.807, 2.05) is 0 Å². The van der Waals surface area contributed by atoms with Crippen molar-refractivity contribution in [3.63, 3.8) is 0 Å². The van der Waals surface area contributed by atoms with Crippen LogP contribution in [0.25, 0.3) is 0 Å². The summed E-state index contributed by atoms with van der Waals surface area (Å²) in [5, 5.41) is 8.65. The van der Waals surface area contributed by atoms with E-state index in [9.17, 15) is 4.79 Å². The fourth-order valence-corrected chi connectivity index (χ4v) is 0.485. The fraction of sp³-hybridized carbons (Fsp3) is 0.667. The van der Waals surface area contributed by atoms with Gasteiger partial charge in [0.05, 0.1) is 6.10 Å². The summed E-state index contributed by atoms with van der Waals surface area (Å²) >= 11 is 0. The summed E-state index contributed by atoms with van der Waals surface area (Å²) in [5.74, 6) is 1.70. The summed E-state index contributed by atoms with van der Waals surface area (Å²) in [4.78, 5) is 9.77. The van der Waals surface area contributed by atoms with E-state index in [0.717, 1.165) is 0 Å². The Kier molecular flexibility index (Phi) is 3.16. The standard InChI is InChI=1S/C6H10O2/c1-5(4-7)3-6(2)8/h6,8H,3H2,1-2H3. The Morgan fingerprint density at radius 2 is 2.38 bits per heavy atom. The van der Waals surface area contributed by atoms with Gasteiger partial charge in [-0.25, -0.2) is 4.79 Å². The quantitative estimate of drug-likeness (QED) is 0.532. The smallest absolute Gasteiger partial charge is 0.123 e. The first-order valence-electron chi connectivity index (χ1n) is 2.55. The van der Waals surface area contributed by atoms with Crippen LogP contribution in [0.1, 0.15) is 20.3 Å². The highest BCUT2D eigenvalue weighted by molar-refractivity contribution is 5.51. The highest BCUT2D eigenvalue weighted by Crippen LogP contribution is 1.97. The fourth-order valence-electron chi connectivity index (χ4n) is 0.485. The van der Waals surface area contributed by atoms with Crippen LogP contribution < -0.4 is 0 Å². The second-order valence-corrected chi connectivity index (χ2v) is 1.94. The highest BCUT2D eigenvalue weighted by atomic mass is 16.3. The Hall–Kier alpha value is -0.590. The lowest BCUT2D eigenvalue weighted by Crippen LogP contribution is -1.99. The van der Waals surface area contributed by atoms with Crippen LogP contribution in [0.4, 0.5) is 0 Å². The van der Waals surface area contributed by atoms with Gasteiger partial charge in [-0.3, -0.25) is 0 Å². The molecule has 0 bridgehead atoms. The predicted molar refractivity (Wildman–Crippen MR) is 31.2 cm³/mol. The topological polar surface area (TPSA) is 37.3 Å². The van der Waals surface area contributed by atoms with Crippen molar-refractivity contribution < 1.29 is 9.90 Å². The van der Waals surface area contributed by atoms with E-state index in [1.165, 1.54) is 0 Å². The van der Waals surface area contributed by atoms with Crippen LogP contribution >= 0.6 is 0 Å². The van der Waals surface area contributed by atoms with E-state index in [1.54, 1.807) is 19.8 Å². The normalized spacial score (nSPS) is 12.4. The molecule has 0 saturated heterocycles.